The van der Waals surface area contributed by atoms with E-state index in [-0.39, 0.29) is 4.75 Å². The first-order valence-electron chi connectivity index (χ1n) is 4.78. The highest BCUT2D eigenvalue weighted by Gasteiger charge is 2.42. The van der Waals surface area contributed by atoms with E-state index in [2.05, 4.69) is 25.5 Å². The molecular formula is C9H19FN2OS. The molecule has 1 rings (SSSR count). The summed E-state index contributed by atoms with van der Waals surface area (Å²) in [5, 5.41) is 0. The Labute approximate surface area is 89.1 Å². The molecule has 0 bridgehead atoms. The van der Waals surface area contributed by atoms with Gasteiger partial charge < -0.3 is 10.5 Å². The number of alkyl halides is 1. The van der Waals surface area contributed by atoms with Crippen molar-refractivity contribution in [3.63, 3.8) is 0 Å². The normalized spacial score (nSPS) is 30.6. The molecule has 1 heterocycles. The van der Waals surface area contributed by atoms with Crippen molar-refractivity contribution in [1.82, 2.24) is 4.72 Å². The van der Waals surface area contributed by atoms with Crippen molar-refractivity contribution in [2.45, 2.75) is 43.8 Å². The van der Waals surface area contributed by atoms with E-state index in [0.29, 0.717) is 19.6 Å². The van der Waals surface area contributed by atoms with Gasteiger partial charge in [0.1, 0.15) is 0 Å². The van der Waals surface area contributed by atoms with E-state index in [1.807, 2.05) is 0 Å². The molecule has 0 saturated carbocycles. The second kappa shape index (κ2) is 4.35. The number of nitrogens with two attached hydrogens (primary N) is 1. The van der Waals surface area contributed by atoms with Crippen LogP contribution in [0.4, 0.5) is 4.39 Å². The van der Waals surface area contributed by atoms with Gasteiger partial charge in [-0.25, -0.2) is 4.39 Å². The van der Waals surface area contributed by atoms with Gasteiger partial charge in [-0.15, -0.1) is 0 Å². The fourth-order valence-electron chi connectivity index (χ4n) is 1.19. The monoisotopic (exact) mass is 222 g/mol. The Kier molecular flexibility index (Phi) is 3.80. The molecular weight excluding hydrogens is 203 g/mol. The van der Waals surface area contributed by atoms with E-state index in [1.165, 1.54) is 11.9 Å². The van der Waals surface area contributed by atoms with E-state index >= 15 is 0 Å². The van der Waals surface area contributed by atoms with Crippen LogP contribution in [0.25, 0.3) is 0 Å². The molecule has 5 heteroatoms. The summed E-state index contributed by atoms with van der Waals surface area (Å²) in [4.78, 5) is 0. The Morgan fingerprint density at radius 3 is 2.57 bits per heavy atom. The van der Waals surface area contributed by atoms with Crippen molar-refractivity contribution >= 4 is 11.9 Å². The lowest BCUT2D eigenvalue weighted by molar-refractivity contribution is 0.129. The Hall–Kier alpha value is 0.160. The van der Waals surface area contributed by atoms with E-state index in [0.717, 1.165) is 0 Å². The Morgan fingerprint density at radius 2 is 2.21 bits per heavy atom. The zero-order valence-electron chi connectivity index (χ0n) is 8.97. The molecule has 3 nitrogen and oxygen atoms in total. The average molecular weight is 222 g/mol. The molecule has 0 aromatic carbocycles. The van der Waals surface area contributed by atoms with E-state index in [9.17, 15) is 4.39 Å². The van der Waals surface area contributed by atoms with Crippen LogP contribution in [0, 0.1) is 0 Å². The number of hydrogen-bond donors (Lipinski definition) is 2. The lowest BCUT2D eigenvalue weighted by Crippen LogP contribution is -2.55. The first-order chi connectivity index (χ1) is 6.36. The van der Waals surface area contributed by atoms with Gasteiger partial charge >= 0.3 is 0 Å². The lowest BCUT2D eigenvalue weighted by atomic mass is 10.00. The molecule has 1 aliphatic heterocycles. The molecule has 0 aromatic rings. The van der Waals surface area contributed by atoms with Crippen molar-refractivity contribution in [3.8, 4) is 0 Å². The van der Waals surface area contributed by atoms with Gasteiger partial charge in [-0.2, -0.15) is 0 Å². The fourth-order valence-corrected chi connectivity index (χ4v) is 1.97. The third-order valence-electron chi connectivity index (χ3n) is 2.14. The van der Waals surface area contributed by atoms with Gasteiger partial charge in [0.05, 0.1) is 12.1 Å². The minimum absolute atomic E-state index is 0.0461. The zero-order valence-corrected chi connectivity index (χ0v) is 9.79. The zero-order chi connectivity index (χ0) is 10.8. The maximum absolute atomic E-state index is 13.3. The highest BCUT2D eigenvalue weighted by Crippen LogP contribution is 2.29. The molecule has 0 radical (unpaired) electrons. The van der Waals surface area contributed by atoms with Crippen molar-refractivity contribution in [3.05, 3.63) is 0 Å². The number of nitrogens with one attached hydrogen (secondary N) is 1. The highest BCUT2D eigenvalue weighted by atomic mass is 32.2. The van der Waals surface area contributed by atoms with Crippen LogP contribution in [-0.2, 0) is 4.74 Å². The quantitative estimate of drug-likeness (QED) is 0.560. The first kappa shape index (κ1) is 12.2. The van der Waals surface area contributed by atoms with E-state index < -0.39 is 11.8 Å². The van der Waals surface area contributed by atoms with Crippen LogP contribution >= 0.6 is 11.9 Å². The van der Waals surface area contributed by atoms with Crippen LogP contribution < -0.4 is 10.5 Å². The molecule has 1 aliphatic rings. The third kappa shape index (κ3) is 3.08. The summed E-state index contributed by atoms with van der Waals surface area (Å²) in [6, 6.07) is 0. The predicted octanol–water partition coefficient (Wildman–Crippen LogP) is 1.44. The van der Waals surface area contributed by atoms with Crippen LogP contribution in [0.1, 0.15) is 27.2 Å². The van der Waals surface area contributed by atoms with Crippen LogP contribution in [-0.4, -0.2) is 29.8 Å². The lowest BCUT2D eigenvalue weighted by Gasteiger charge is -2.32. The molecule has 14 heavy (non-hydrogen) atoms. The maximum Gasteiger partial charge on any atom is 0.170 e. The summed E-state index contributed by atoms with van der Waals surface area (Å²) in [7, 11) is 0. The van der Waals surface area contributed by atoms with Gasteiger partial charge in [-0.3, -0.25) is 4.72 Å². The molecule has 84 valence electrons. The maximum atomic E-state index is 13.3. The summed E-state index contributed by atoms with van der Waals surface area (Å²) in [5.74, 6) is 0. The van der Waals surface area contributed by atoms with E-state index in [1.54, 1.807) is 0 Å². The molecule has 0 aromatic heterocycles. The molecule has 2 atom stereocenters. The number of hydrogen-bond acceptors (Lipinski definition) is 4. The minimum atomic E-state index is -1.38. The number of rotatable bonds is 3. The Balaban J connectivity index is 2.53. The average Bonchev–Trinajstić information content (AvgIpc) is 2.48. The van der Waals surface area contributed by atoms with Gasteiger partial charge in [0.25, 0.3) is 0 Å². The molecule has 2 unspecified atom stereocenters. The molecule has 3 N–H and O–H groups in total. The van der Waals surface area contributed by atoms with E-state index in [4.69, 9.17) is 10.5 Å². The van der Waals surface area contributed by atoms with Gasteiger partial charge in [0.2, 0.25) is 0 Å². The number of ether oxygens (including phenoxy) is 1. The van der Waals surface area contributed by atoms with Crippen LogP contribution in [0.3, 0.4) is 0 Å². The molecule has 1 saturated heterocycles. The minimum Gasteiger partial charge on any atom is -0.379 e. The summed E-state index contributed by atoms with van der Waals surface area (Å²) in [6.07, 6.45) is -0.742. The van der Waals surface area contributed by atoms with Gasteiger partial charge in [-0.1, -0.05) is 11.9 Å². The van der Waals surface area contributed by atoms with Gasteiger partial charge in [-0.05, 0) is 27.2 Å². The smallest absolute Gasteiger partial charge is 0.170 e. The molecule has 1 fully saturated rings. The predicted molar refractivity (Wildman–Crippen MR) is 57.7 cm³/mol. The summed E-state index contributed by atoms with van der Waals surface area (Å²) in [5.41, 5.74) is 4.64. The number of halogens is 1. The first-order valence-corrected chi connectivity index (χ1v) is 5.60. The largest absolute Gasteiger partial charge is 0.379 e. The topological polar surface area (TPSA) is 47.3 Å². The second-order valence-corrected chi connectivity index (χ2v) is 6.31. The van der Waals surface area contributed by atoms with Crippen LogP contribution in [0.2, 0.25) is 0 Å². The van der Waals surface area contributed by atoms with Crippen molar-refractivity contribution in [1.29, 1.82) is 0 Å². The molecule has 0 spiro atoms. The molecule has 0 aliphatic carbocycles. The Morgan fingerprint density at radius 1 is 1.57 bits per heavy atom. The third-order valence-corrected chi connectivity index (χ3v) is 3.26. The second-order valence-electron chi connectivity index (χ2n) is 4.68. The van der Waals surface area contributed by atoms with Gasteiger partial charge in [0.15, 0.2) is 6.30 Å². The van der Waals surface area contributed by atoms with Crippen LogP contribution in [0.5, 0.6) is 0 Å². The Bertz CT molecular complexity index is 188. The summed E-state index contributed by atoms with van der Waals surface area (Å²) >= 11 is 1.51. The van der Waals surface area contributed by atoms with Crippen molar-refractivity contribution in [2.75, 3.05) is 13.2 Å². The summed E-state index contributed by atoms with van der Waals surface area (Å²) in [6.45, 7) is 7.14. The van der Waals surface area contributed by atoms with Crippen LogP contribution in [0.15, 0.2) is 0 Å². The van der Waals surface area contributed by atoms with Crippen molar-refractivity contribution < 1.29 is 9.13 Å². The fraction of sp³-hybridized carbons (Fsp3) is 1.00. The SMILES string of the molecule is CC(C)(C)SNC1(C(N)F)CCOC1. The highest BCUT2D eigenvalue weighted by molar-refractivity contribution is 7.98. The molecule has 0 amide bonds. The standard InChI is InChI=1S/C9H19FN2OS/c1-8(2,3)14-12-9(7(10)11)4-5-13-6-9/h7,12H,4-6,11H2,1-3H3. The van der Waals surface area contributed by atoms with Crippen molar-refractivity contribution in [2.24, 2.45) is 5.73 Å². The van der Waals surface area contributed by atoms with Gasteiger partial charge in [0, 0.05) is 11.4 Å². The summed E-state index contributed by atoms with van der Waals surface area (Å²) < 4.78 is 21.6.